The topological polar surface area (TPSA) is 65.5 Å². The largest absolute Gasteiger partial charge is 0.435 e. The minimum Gasteiger partial charge on any atom is -0.274 e. The lowest BCUT2D eigenvalue weighted by molar-refractivity contribution is -0.348. The average molecular weight is 492 g/mol. The number of urea groups is 1. The Hall–Kier alpha value is -3.22. The zero-order valence-corrected chi connectivity index (χ0v) is 17.7. The van der Waals surface area contributed by atoms with E-state index in [0.717, 1.165) is 11.1 Å². The lowest BCUT2D eigenvalue weighted by atomic mass is 9.91. The van der Waals surface area contributed by atoms with Crippen LogP contribution in [-0.4, -0.2) is 34.3 Å². The second-order valence-electron chi connectivity index (χ2n) is 7.54. The van der Waals surface area contributed by atoms with Gasteiger partial charge >= 0.3 is 24.1 Å². The van der Waals surface area contributed by atoms with E-state index in [1.54, 1.807) is 19.1 Å². The molecule has 1 aromatic carbocycles. The number of imide groups is 1. The number of anilines is 1. The Balaban J connectivity index is 2.05. The van der Waals surface area contributed by atoms with Gasteiger partial charge < -0.3 is 0 Å². The van der Waals surface area contributed by atoms with E-state index in [1.807, 2.05) is 0 Å². The van der Waals surface area contributed by atoms with Crippen LogP contribution in [0.5, 0.6) is 0 Å². The number of amides is 3. The molecule has 184 valence electrons. The fraction of sp³-hybridized carbons (Fsp3) is 0.381. The van der Waals surface area contributed by atoms with Gasteiger partial charge in [-0.05, 0) is 35.7 Å². The van der Waals surface area contributed by atoms with Gasteiger partial charge in [0.1, 0.15) is 0 Å². The second kappa shape index (κ2) is 9.20. The Morgan fingerprint density at radius 1 is 1.09 bits per heavy atom. The first kappa shape index (κ1) is 25.4. The predicted octanol–water partition coefficient (Wildman–Crippen LogP) is 5.14. The molecule has 0 saturated carbocycles. The number of carbonyl (C=O) groups is 2. The average Bonchev–Trinajstić information content (AvgIpc) is 2.76. The number of aromatic nitrogens is 1. The molecule has 1 aliphatic heterocycles. The molecule has 6 nitrogen and oxygen atoms in total. The van der Waals surface area contributed by atoms with Crippen LogP contribution in [0.2, 0.25) is 0 Å². The molecule has 3 amide bonds. The first-order valence-electron chi connectivity index (χ1n) is 10.0. The van der Waals surface area contributed by atoms with Crippen molar-refractivity contribution in [3.63, 3.8) is 0 Å². The molecule has 0 saturated heterocycles. The summed E-state index contributed by atoms with van der Waals surface area (Å²) in [4.78, 5) is 30.1. The highest BCUT2D eigenvalue weighted by Crippen LogP contribution is 2.53. The maximum atomic E-state index is 14.6. The first-order chi connectivity index (χ1) is 15.8. The van der Waals surface area contributed by atoms with E-state index in [2.05, 4.69) is 10.4 Å². The minimum atomic E-state index is -6.29. The van der Waals surface area contributed by atoms with Gasteiger partial charge in [-0.2, -0.15) is 26.3 Å². The van der Waals surface area contributed by atoms with Crippen LogP contribution in [0, 0.1) is 0 Å². The molecule has 34 heavy (non-hydrogen) atoms. The number of benzene rings is 1. The van der Waals surface area contributed by atoms with Crippen molar-refractivity contribution in [3.05, 3.63) is 59.4 Å². The quantitative estimate of drug-likeness (QED) is 0.567. The lowest BCUT2D eigenvalue weighted by Crippen LogP contribution is -2.55. The summed E-state index contributed by atoms with van der Waals surface area (Å²) < 4.78 is 94.0. The van der Waals surface area contributed by atoms with Crippen LogP contribution >= 0.6 is 0 Å². The van der Waals surface area contributed by atoms with Gasteiger partial charge in [-0.25, -0.2) is 19.5 Å². The summed E-state index contributed by atoms with van der Waals surface area (Å²) in [5.74, 6) is -0.715. The Morgan fingerprint density at radius 3 is 2.32 bits per heavy atom. The van der Waals surface area contributed by atoms with Crippen molar-refractivity contribution in [1.82, 2.24) is 15.4 Å². The summed E-state index contributed by atoms with van der Waals surface area (Å²) in [7, 11) is 0. The number of hydrogen-bond acceptors (Lipinski definition) is 4. The minimum absolute atomic E-state index is 0.0164. The third kappa shape index (κ3) is 4.56. The van der Waals surface area contributed by atoms with Gasteiger partial charge in [0.05, 0.1) is 12.2 Å². The monoisotopic (exact) mass is 492 g/mol. The van der Waals surface area contributed by atoms with E-state index in [1.165, 1.54) is 12.4 Å². The summed E-state index contributed by atoms with van der Waals surface area (Å²) in [5.41, 5.74) is -4.52. The highest BCUT2D eigenvalue weighted by atomic mass is 19.4. The Morgan fingerprint density at radius 2 is 1.76 bits per heavy atom. The molecule has 1 N–H and O–H groups in total. The van der Waals surface area contributed by atoms with Crippen LogP contribution in [0.1, 0.15) is 36.5 Å². The first-order valence-corrected chi connectivity index (χ1v) is 10.0. The molecular formula is C21H19F7N4O2. The molecule has 3 rings (SSSR count). The van der Waals surface area contributed by atoms with Crippen molar-refractivity contribution in [3.8, 4) is 0 Å². The van der Waals surface area contributed by atoms with Crippen LogP contribution in [0.15, 0.2) is 42.7 Å². The van der Waals surface area contributed by atoms with Gasteiger partial charge in [0.25, 0.3) is 0 Å². The van der Waals surface area contributed by atoms with E-state index >= 15 is 0 Å². The van der Waals surface area contributed by atoms with Gasteiger partial charge in [0, 0.05) is 30.9 Å². The van der Waals surface area contributed by atoms with Gasteiger partial charge in [0.2, 0.25) is 5.91 Å². The third-order valence-electron chi connectivity index (χ3n) is 5.16. The third-order valence-corrected chi connectivity index (χ3v) is 5.16. The van der Waals surface area contributed by atoms with E-state index in [9.17, 15) is 40.3 Å². The maximum absolute atomic E-state index is 14.6. The molecule has 2 aromatic rings. The normalized spacial score (nSPS) is 14.9. The number of pyridine rings is 1. The van der Waals surface area contributed by atoms with E-state index in [4.69, 9.17) is 0 Å². The van der Waals surface area contributed by atoms with Crippen molar-refractivity contribution in [2.75, 3.05) is 4.90 Å². The molecule has 1 aliphatic rings. The van der Waals surface area contributed by atoms with Gasteiger partial charge in [0.15, 0.2) is 0 Å². The summed E-state index contributed by atoms with van der Waals surface area (Å²) in [5, 5.41) is 0.869. The number of rotatable bonds is 6. The fourth-order valence-corrected chi connectivity index (χ4v) is 3.47. The number of nitrogens with zero attached hydrogens (tertiary/aromatic N) is 3. The zero-order chi connectivity index (χ0) is 25.3. The van der Waals surface area contributed by atoms with Crippen LogP contribution in [0.3, 0.4) is 0 Å². The van der Waals surface area contributed by atoms with Gasteiger partial charge in [-0.15, -0.1) is 0 Å². The Labute approximate surface area is 189 Å². The highest BCUT2D eigenvalue weighted by Gasteiger charge is 2.73. The number of halogens is 7. The van der Waals surface area contributed by atoms with E-state index in [0.29, 0.717) is 23.0 Å². The van der Waals surface area contributed by atoms with Gasteiger partial charge in [-0.1, -0.05) is 19.1 Å². The standard InChI is InChI=1S/C21H19F7N4O2/c1-2-4-17(33)32-16-7-6-15(19(22,20(23,24)25)21(26,27)28)9-14(16)12-31(18(32)34)30-11-13-5-3-8-29-10-13/h3,5-10,30H,2,4,11-12H2,1H3. The van der Waals surface area contributed by atoms with Gasteiger partial charge in [-0.3, -0.25) is 14.8 Å². The van der Waals surface area contributed by atoms with Crippen molar-refractivity contribution in [2.24, 2.45) is 0 Å². The number of alkyl halides is 7. The van der Waals surface area contributed by atoms with Crippen LogP contribution in [0.25, 0.3) is 0 Å². The Kier molecular flexibility index (Phi) is 6.87. The van der Waals surface area contributed by atoms with E-state index in [-0.39, 0.29) is 30.3 Å². The molecule has 0 fully saturated rings. The molecule has 13 heteroatoms. The van der Waals surface area contributed by atoms with Crippen molar-refractivity contribution >= 4 is 17.6 Å². The number of hydrazine groups is 1. The molecular weight excluding hydrogens is 473 g/mol. The molecule has 0 unspecified atom stereocenters. The summed E-state index contributed by atoms with van der Waals surface area (Å²) in [6.07, 6.45) is -9.39. The predicted molar refractivity (Wildman–Crippen MR) is 106 cm³/mol. The van der Waals surface area contributed by atoms with Crippen molar-refractivity contribution in [1.29, 1.82) is 0 Å². The maximum Gasteiger partial charge on any atom is 0.435 e. The van der Waals surface area contributed by atoms with Crippen LogP contribution in [0.4, 0.5) is 41.2 Å². The van der Waals surface area contributed by atoms with Crippen molar-refractivity contribution < 1.29 is 40.3 Å². The number of fused-ring (bicyclic) bond motifs is 1. The fourth-order valence-electron chi connectivity index (χ4n) is 3.47. The van der Waals surface area contributed by atoms with Crippen molar-refractivity contribution in [2.45, 2.75) is 50.9 Å². The molecule has 1 aromatic heterocycles. The summed E-state index contributed by atoms with van der Waals surface area (Å²) in [6.45, 7) is 1.16. The molecule has 0 bridgehead atoms. The highest BCUT2D eigenvalue weighted by molar-refractivity contribution is 6.15. The summed E-state index contributed by atoms with van der Waals surface area (Å²) >= 11 is 0. The molecule has 0 radical (unpaired) electrons. The number of carbonyl (C=O) groups excluding carboxylic acids is 2. The second-order valence-corrected chi connectivity index (χ2v) is 7.54. The molecule has 0 aliphatic carbocycles. The smallest absolute Gasteiger partial charge is 0.274 e. The Bertz CT molecular complexity index is 1040. The number of hydrogen-bond donors (Lipinski definition) is 1. The van der Waals surface area contributed by atoms with E-state index < -0.39 is 42.1 Å². The molecule has 0 atom stereocenters. The zero-order valence-electron chi connectivity index (χ0n) is 17.7. The summed E-state index contributed by atoms with van der Waals surface area (Å²) in [6, 6.07) is 3.79. The molecule has 0 spiro atoms. The lowest BCUT2D eigenvalue weighted by Gasteiger charge is -2.37. The van der Waals surface area contributed by atoms with Crippen LogP contribution < -0.4 is 10.3 Å². The number of nitrogens with one attached hydrogen (secondary N) is 1. The van der Waals surface area contributed by atoms with Crippen LogP contribution in [-0.2, 0) is 23.6 Å². The molecule has 2 heterocycles. The SMILES string of the molecule is CCCC(=O)N1C(=O)N(NCc2cccnc2)Cc2cc(C(F)(C(F)(F)F)C(F)(F)F)ccc21.